The van der Waals surface area contributed by atoms with Crippen LogP contribution in [-0.2, 0) is 5.41 Å². The van der Waals surface area contributed by atoms with Crippen LogP contribution in [0.15, 0.2) is 36.7 Å². The summed E-state index contributed by atoms with van der Waals surface area (Å²) in [6.07, 6.45) is 6.83. The second-order valence-corrected chi connectivity index (χ2v) is 9.04. The summed E-state index contributed by atoms with van der Waals surface area (Å²) in [4.78, 5) is 17.5. The third-order valence-corrected chi connectivity index (χ3v) is 6.31. The molecule has 1 saturated carbocycles. The maximum absolute atomic E-state index is 13.0. The highest BCUT2D eigenvalue weighted by atomic mass is 16.5. The summed E-state index contributed by atoms with van der Waals surface area (Å²) in [5, 5.41) is 9.44. The van der Waals surface area contributed by atoms with E-state index in [0.717, 1.165) is 41.0 Å². The van der Waals surface area contributed by atoms with Crippen molar-refractivity contribution in [2.75, 3.05) is 14.2 Å². The standard InChI is InChI=1S/C26H29N3O3/c1-26(2,15-27)18-10-11-21-20(12-18)28-16-29(21)19-13-23(31-3)25(24(14-19)32-4)22(30)7-5-6-17-8-9-17/h10-14,16-17H,5-9H2,1-4H3. The number of hydrogen-bond acceptors (Lipinski definition) is 5. The van der Waals surface area contributed by atoms with Gasteiger partial charge in [0.1, 0.15) is 23.4 Å². The van der Waals surface area contributed by atoms with Crippen LogP contribution in [0.4, 0.5) is 0 Å². The van der Waals surface area contributed by atoms with Gasteiger partial charge in [-0.2, -0.15) is 5.26 Å². The number of carbonyl (C=O) groups is 1. The number of benzene rings is 2. The van der Waals surface area contributed by atoms with Crippen LogP contribution in [0.25, 0.3) is 16.7 Å². The van der Waals surface area contributed by atoms with Crippen LogP contribution in [0.1, 0.15) is 61.9 Å². The van der Waals surface area contributed by atoms with Crippen LogP contribution in [0.2, 0.25) is 0 Å². The summed E-state index contributed by atoms with van der Waals surface area (Å²) in [6, 6.07) is 11.9. The largest absolute Gasteiger partial charge is 0.496 e. The van der Waals surface area contributed by atoms with E-state index in [2.05, 4.69) is 11.1 Å². The lowest BCUT2D eigenvalue weighted by Crippen LogP contribution is -2.13. The Morgan fingerprint density at radius 2 is 1.88 bits per heavy atom. The molecule has 32 heavy (non-hydrogen) atoms. The Labute approximate surface area is 188 Å². The molecule has 1 aliphatic carbocycles. The Bertz CT molecular complexity index is 1170. The van der Waals surface area contributed by atoms with Crippen molar-refractivity contribution in [3.05, 3.63) is 47.8 Å². The van der Waals surface area contributed by atoms with E-state index >= 15 is 0 Å². The van der Waals surface area contributed by atoms with Gasteiger partial charge < -0.3 is 9.47 Å². The quantitative estimate of drug-likeness (QED) is 0.412. The van der Waals surface area contributed by atoms with Crippen molar-refractivity contribution in [3.63, 3.8) is 0 Å². The number of rotatable bonds is 9. The molecule has 0 amide bonds. The Kier molecular flexibility index (Phi) is 5.92. The van der Waals surface area contributed by atoms with Gasteiger partial charge in [-0.3, -0.25) is 9.36 Å². The minimum atomic E-state index is -0.591. The first-order valence-corrected chi connectivity index (χ1v) is 11.1. The predicted octanol–water partition coefficient (Wildman–Crippen LogP) is 5.61. The van der Waals surface area contributed by atoms with Crippen molar-refractivity contribution in [2.24, 2.45) is 5.92 Å². The second kappa shape index (κ2) is 8.66. The molecular formula is C26H29N3O3. The number of fused-ring (bicyclic) bond motifs is 1. The van der Waals surface area contributed by atoms with Crippen LogP contribution in [-0.4, -0.2) is 29.6 Å². The van der Waals surface area contributed by atoms with E-state index in [1.807, 2.05) is 48.7 Å². The molecule has 1 fully saturated rings. The molecule has 0 unspecified atom stereocenters. The molecule has 0 atom stereocenters. The lowest BCUT2D eigenvalue weighted by atomic mass is 9.86. The molecule has 166 valence electrons. The number of methoxy groups -OCH3 is 2. The fourth-order valence-corrected chi connectivity index (χ4v) is 4.07. The van der Waals surface area contributed by atoms with Gasteiger partial charge in [-0.15, -0.1) is 0 Å². The normalized spacial score (nSPS) is 13.7. The van der Waals surface area contributed by atoms with Crippen LogP contribution in [0, 0.1) is 17.2 Å². The number of ether oxygens (including phenoxy) is 2. The second-order valence-electron chi connectivity index (χ2n) is 9.04. The van der Waals surface area contributed by atoms with E-state index in [4.69, 9.17) is 9.47 Å². The number of carbonyl (C=O) groups excluding carboxylic acids is 1. The van der Waals surface area contributed by atoms with E-state index in [1.54, 1.807) is 20.5 Å². The maximum atomic E-state index is 13.0. The number of ketones is 1. The molecular weight excluding hydrogens is 402 g/mol. The van der Waals surface area contributed by atoms with Gasteiger partial charge >= 0.3 is 0 Å². The van der Waals surface area contributed by atoms with Crippen LogP contribution in [0.3, 0.4) is 0 Å². The Balaban J connectivity index is 1.70. The number of nitrogens with zero attached hydrogens (tertiary/aromatic N) is 3. The summed E-state index contributed by atoms with van der Waals surface area (Å²) >= 11 is 0. The van der Waals surface area contributed by atoms with Gasteiger partial charge in [0.15, 0.2) is 5.78 Å². The maximum Gasteiger partial charge on any atom is 0.170 e. The Morgan fingerprint density at radius 1 is 1.19 bits per heavy atom. The van der Waals surface area contributed by atoms with Gasteiger partial charge in [0, 0.05) is 18.6 Å². The van der Waals surface area contributed by atoms with Crippen molar-refractivity contribution in [3.8, 4) is 23.3 Å². The minimum absolute atomic E-state index is 0.0461. The molecule has 1 aliphatic rings. The number of hydrogen-bond donors (Lipinski definition) is 0. The zero-order valence-electron chi connectivity index (χ0n) is 19.1. The number of aromatic nitrogens is 2. The molecule has 3 aromatic rings. The van der Waals surface area contributed by atoms with E-state index < -0.39 is 5.41 Å². The molecule has 1 aromatic heterocycles. The van der Waals surface area contributed by atoms with Crippen molar-refractivity contribution in [1.82, 2.24) is 9.55 Å². The third kappa shape index (κ3) is 4.20. The molecule has 0 N–H and O–H groups in total. The zero-order valence-corrected chi connectivity index (χ0v) is 19.1. The summed E-state index contributed by atoms with van der Waals surface area (Å²) in [6.45, 7) is 3.78. The predicted molar refractivity (Wildman–Crippen MR) is 124 cm³/mol. The van der Waals surface area contributed by atoms with Gasteiger partial charge in [0.25, 0.3) is 0 Å². The summed E-state index contributed by atoms with van der Waals surface area (Å²) in [7, 11) is 3.14. The SMILES string of the molecule is COc1cc(-n2cnc3cc(C(C)(C)C#N)ccc32)cc(OC)c1C(=O)CCCC1CC1. The average molecular weight is 432 g/mol. The van der Waals surface area contributed by atoms with Crippen LogP contribution in [0.5, 0.6) is 11.5 Å². The van der Waals surface area contributed by atoms with Gasteiger partial charge in [-0.05, 0) is 43.9 Å². The van der Waals surface area contributed by atoms with Gasteiger partial charge in [0.05, 0.1) is 42.4 Å². The molecule has 6 heteroatoms. The first-order valence-electron chi connectivity index (χ1n) is 11.1. The molecule has 6 nitrogen and oxygen atoms in total. The van der Waals surface area contributed by atoms with Crippen molar-refractivity contribution in [1.29, 1.82) is 5.26 Å². The summed E-state index contributed by atoms with van der Waals surface area (Å²) in [5.41, 5.74) is 3.31. The Hall–Kier alpha value is -3.33. The molecule has 2 aromatic carbocycles. The third-order valence-electron chi connectivity index (χ3n) is 6.31. The van der Waals surface area contributed by atoms with E-state index in [0.29, 0.717) is 23.5 Å². The lowest BCUT2D eigenvalue weighted by molar-refractivity contribution is 0.0972. The highest BCUT2D eigenvalue weighted by Crippen LogP contribution is 2.37. The molecule has 0 saturated heterocycles. The number of imidazole rings is 1. The lowest BCUT2D eigenvalue weighted by Gasteiger charge is -2.17. The van der Waals surface area contributed by atoms with E-state index in [9.17, 15) is 10.1 Å². The van der Waals surface area contributed by atoms with Crippen molar-refractivity contribution in [2.45, 2.75) is 51.4 Å². The van der Waals surface area contributed by atoms with Crippen LogP contribution >= 0.6 is 0 Å². The average Bonchev–Trinajstić information content (AvgIpc) is 3.53. The van der Waals surface area contributed by atoms with Crippen molar-refractivity contribution < 1.29 is 14.3 Å². The highest BCUT2D eigenvalue weighted by Gasteiger charge is 2.24. The molecule has 4 rings (SSSR count). The fourth-order valence-electron chi connectivity index (χ4n) is 4.07. The van der Waals surface area contributed by atoms with Crippen LogP contribution < -0.4 is 9.47 Å². The molecule has 0 bridgehead atoms. The molecule has 0 spiro atoms. The minimum Gasteiger partial charge on any atom is -0.496 e. The number of nitriles is 1. The van der Waals surface area contributed by atoms with Crippen molar-refractivity contribution >= 4 is 16.8 Å². The first-order chi connectivity index (χ1) is 15.4. The fraction of sp³-hybridized carbons (Fsp3) is 0.423. The zero-order chi connectivity index (χ0) is 22.9. The van der Waals surface area contributed by atoms with Gasteiger partial charge in [-0.25, -0.2) is 4.98 Å². The molecule has 0 aliphatic heterocycles. The van der Waals surface area contributed by atoms with Gasteiger partial charge in [-0.1, -0.05) is 25.3 Å². The smallest absolute Gasteiger partial charge is 0.170 e. The summed E-state index contributed by atoms with van der Waals surface area (Å²) < 4.78 is 13.1. The van der Waals surface area contributed by atoms with E-state index in [1.165, 1.54) is 12.8 Å². The van der Waals surface area contributed by atoms with Gasteiger partial charge in [0.2, 0.25) is 0 Å². The molecule has 1 heterocycles. The van der Waals surface area contributed by atoms with E-state index in [-0.39, 0.29) is 5.78 Å². The topological polar surface area (TPSA) is 77.1 Å². The first kappa shape index (κ1) is 21.9. The summed E-state index contributed by atoms with van der Waals surface area (Å²) in [5.74, 6) is 1.85. The Morgan fingerprint density at radius 3 is 2.47 bits per heavy atom. The highest BCUT2D eigenvalue weighted by molar-refractivity contribution is 6.01. The number of Topliss-reactive ketones (excluding diaryl/α,β-unsaturated/α-hetero) is 1. The molecule has 0 radical (unpaired) electrons. The monoisotopic (exact) mass is 431 g/mol.